The van der Waals surface area contributed by atoms with Crippen LogP contribution in [0.4, 0.5) is 0 Å². The molecular weight excluding hydrogens is 464 g/mol. The van der Waals surface area contributed by atoms with Crippen LogP contribution in [0.5, 0.6) is 0 Å². The predicted molar refractivity (Wildman–Crippen MR) is 131 cm³/mol. The Morgan fingerprint density at radius 1 is 1.21 bits per heavy atom. The lowest BCUT2D eigenvalue weighted by Crippen LogP contribution is -2.39. The molecule has 1 aromatic carbocycles. The van der Waals surface area contributed by atoms with E-state index < -0.39 is 17.4 Å². The van der Waals surface area contributed by atoms with Crippen molar-refractivity contribution < 1.29 is 9.84 Å². The molecule has 0 bridgehead atoms. The Bertz CT molecular complexity index is 1240. The van der Waals surface area contributed by atoms with E-state index in [0.717, 1.165) is 16.6 Å². The maximum Gasteiger partial charge on any atom is 0.332 e. The fraction of sp³-hybridized carbons (Fsp3) is 0.478. The number of aliphatic hydroxyl groups excluding tert-OH is 1. The molecule has 0 saturated carbocycles. The number of aryl methyl sites for hydroxylation is 1. The van der Waals surface area contributed by atoms with E-state index in [0.29, 0.717) is 40.1 Å². The summed E-state index contributed by atoms with van der Waals surface area (Å²) in [7, 11) is 1.46. The molecule has 8 nitrogen and oxygen atoms in total. The van der Waals surface area contributed by atoms with Gasteiger partial charge in [-0.2, -0.15) is 0 Å². The van der Waals surface area contributed by atoms with Crippen LogP contribution in [-0.2, 0) is 24.9 Å². The average molecular weight is 493 g/mol. The van der Waals surface area contributed by atoms with Crippen molar-refractivity contribution in [3.63, 3.8) is 0 Å². The molecule has 33 heavy (non-hydrogen) atoms. The molecule has 1 atom stereocenters. The lowest BCUT2D eigenvalue weighted by Gasteiger charge is -2.16. The second-order valence-corrected chi connectivity index (χ2v) is 9.53. The highest BCUT2D eigenvalue weighted by Gasteiger charge is 2.20. The van der Waals surface area contributed by atoms with Crippen molar-refractivity contribution in [2.75, 3.05) is 12.4 Å². The highest BCUT2D eigenvalue weighted by atomic mass is 35.5. The summed E-state index contributed by atoms with van der Waals surface area (Å²) in [4.78, 5) is 34.8. The molecule has 0 amide bonds. The molecule has 0 fully saturated rings. The monoisotopic (exact) mass is 492 g/mol. The number of hydrogen-bond donors (Lipinski definition) is 1. The van der Waals surface area contributed by atoms with Gasteiger partial charge in [-0.05, 0) is 18.1 Å². The number of rotatable bonds is 10. The van der Waals surface area contributed by atoms with Crippen LogP contribution < -0.4 is 11.2 Å². The van der Waals surface area contributed by atoms with Crippen LogP contribution in [0.3, 0.4) is 0 Å². The van der Waals surface area contributed by atoms with Gasteiger partial charge in [-0.15, -0.1) is 11.8 Å². The van der Waals surface area contributed by atoms with Gasteiger partial charge in [-0.1, -0.05) is 50.6 Å². The van der Waals surface area contributed by atoms with E-state index in [-0.39, 0.29) is 18.3 Å². The van der Waals surface area contributed by atoms with Crippen molar-refractivity contribution >= 4 is 34.4 Å². The third kappa shape index (κ3) is 5.84. The maximum atomic E-state index is 13.0. The van der Waals surface area contributed by atoms with Crippen LogP contribution in [0.15, 0.2) is 38.9 Å². The van der Waals surface area contributed by atoms with Crippen molar-refractivity contribution in [3.8, 4) is 0 Å². The number of fused-ring (bicyclic) bond motifs is 1. The van der Waals surface area contributed by atoms with Crippen LogP contribution in [0.25, 0.3) is 11.0 Å². The van der Waals surface area contributed by atoms with E-state index >= 15 is 0 Å². The Labute approximate surface area is 201 Å². The van der Waals surface area contributed by atoms with Crippen molar-refractivity contribution in [1.29, 1.82) is 0 Å². The number of benzene rings is 1. The summed E-state index contributed by atoms with van der Waals surface area (Å²) in [6, 6.07) is 7.38. The lowest BCUT2D eigenvalue weighted by atomic mass is 10.2. The first-order valence-corrected chi connectivity index (χ1v) is 12.2. The van der Waals surface area contributed by atoms with Gasteiger partial charge in [0.1, 0.15) is 16.2 Å². The minimum Gasteiger partial charge on any atom is -0.390 e. The Morgan fingerprint density at radius 2 is 1.94 bits per heavy atom. The van der Waals surface area contributed by atoms with Crippen LogP contribution in [0.1, 0.15) is 44.5 Å². The molecule has 3 rings (SSSR count). The summed E-state index contributed by atoms with van der Waals surface area (Å²) >= 11 is 7.39. The van der Waals surface area contributed by atoms with Gasteiger partial charge in [0.2, 0.25) is 0 Å². The van der Waals surface area contributed by atoms with Gasteiger partial charge in [0.15, 0.2) is 5.65 Å². The molecule has 1 N–H and O–H groups in total. The van der Waals surface area contributed by atoms with Crippen molar-refractivity contribution in [2.45, 2.75) is 57.4 Å². The molecule has 0 aliphatic heterocycles. The number of hydrogen-bond acceptors (Lipinski definition) is 7. The smallest absolute Gasteiger partial charge is 0.332 e. The Balaban J connectivity index is 1.85. The van der Waals surface area contributed by atoms with Gasteiger partial charge < -0.3 is 9.84 Å². The maximum absolute atomic E-state index is 13.0. The van der Waals surface area contributed by atoms with Gasteiger partial charge in [-0.25, -0.2) is 14.8 Å². The summed E-state index contributed by atoms with van der Waals surface area (Å²) in [6.07, 6.45) is -0.0616. The topological polar surface area (TPSA) is 99.2 Å². The fourth-order valence-electron chi connectivity index (χ4n) is 3.29. The van der Waals surface area contributed by atoms with Crippen molar-refractivity contribution in [2.24, 2.45) is 7.05 Å². The number of ether oxygens (including phenoxy) is 1. The van der Waals surface area contributed by atoms with E-state index in [2.05, 4.69) is 9.97 Å². The van der Waals surface area contributed by atoms with E-state index in [1.54, 1.807) is 6.07 Å². The van der Waals surface area contributed by atoms with Gasteiger partial charge in [0, 0.05) is 30.3 Å². The van der Waals surface area contributed by atoms with Gasteiger partial charge >= 0.3 is 5.69 Å². The molecule has 0 unspecified atom stereocenters. The number of halogens is 1. The Hall–Kier alpha value is -2.20. The average Bonchev–Trinajstić information content (AvgIpc) is 2.79. The van der Waals surface area contributed by atoms with Crippen molar-refractivity contribution in [3.05, 3.63) is 61.5 Å². The first-order chi connectivity index (χ1) is 15.7. The molecule has 2 aromatic heterocycles. The molecule has 0 spiro atoms. The first-order valence-electron chi connectivity index (χ1n) is 10.9. The summed E-state index contributed by atoms with van der Waals surface area (Å²) in [5.41, 5.74) is 0.353. The zero-order chi connectivity index (χ0) is 24.1. The zero-order valence-corrected chi connectivity index (χ0v) is 20.8. The summed E-state index contributed by atoms with van der Waals surface area (Å²) in [6.45, 7) is 6.71. The highest BCUT2D eigenvalue weighted by Crippen LogP contribution is 2.25. The lowest BCUT2D eigenvalue weighted by molar-refractivity contribution is 0.0398. The van der Waals surface area contributed by atoms with E-state index in [9.17, 15) is 14.7 Å². The summed E-state index contributed by atoms with van der Waals surface area (Å²) in [5, 5.41) is 11.8. The SMILES string of the molecule is CCCn1c(=O)n(C)c(=O)c2c(SC[C@H](O)COCc3ccccc3Cl)nc(C(C)C)nc21. The van der Waals surface area contributed by atoms with Gasteiger partial charge in [0.05, 0.1) is 19.3 Å². The highest BCUT2D eigenvalue weighted by molar-refractivity contribution is 7.99. The number of nitrogens with zero attached hydrogens (tertiary/aromatic N) is 4. The van der Waals surface area contributed by atoms with E-state index in [1.165, 1.54) is 23.4 Å². The minimum absolute atomic E-state index is 0.00636. The molecular formula is C23H29ClN4O4S. The molecule has 0 radical (unpaired) electrons. The van der Waals surface area contributed by atoms with Crippen LogP contribution >= 0.6 is 23.4 Å². The van der Waals surface area contributed by atoms with E-state index in [4.69, 9.17) is 16.3 Å². The summed E-state index contributed by atoms with van der Waals surface area (Å²) < 4.78 is 8.23. The molecule has 10 heteroatoms. The molecule has 3 aromatic rings. The van der Waals surface area contributed by atoms with Crippen LogP contribution in [-0.4, -0.2) is 42.7 Å². The minimum atomic E-state index is -0.782. The van der Waals surface area contributed by atoms with Gasteiger partial charge in [-0.3, -0.25) is 13.9 Å². The molecule has 178 valence electrons. The number of thioether (sulfide) groups is 1. The predicted octanol–water partition coefficient (Wildman–Crippen LogP) is 3.35. The summed E-state index contributed by atoms with van der Waals surface area (Å²) in [5.74, 6) is 0.821. The zero-order valence-electron chi connectivity index (χ0n) is 19.2. The quantitative estimate of drug-likeness (QED) is 0.342. The first kappa shape index (κ1) is 25.4. The second kappa shape index (κ2) is 11.3. The van der Waals surface area contributed by atoms with Crippen LogP contribution in [0, 0.1) is 0 Å². The van der Waals surface area contributed by atoms with Crippen molar-refractivity contribution in [1.82, 2.24) is 19.1 Å². The third-order valence-electron chi connectivity index (χ3n) is 5.07. The normalized spacial score (nSPS) is 12.6. The Kier molecular flexibility index (Phi) is 8.69. The molecule has 0 aliphatic carbocycles. The third-order valence-corrected chi connectivity index (χ3v) is 6.56. The molecule has 0 aliphatic rings. The largest absolute Gasteiger partial charge is 0.390 e. The number of aliphatic hydroxyl groups is 1. The standard InChI is InChI=1S/C23H29ClN4O4S/c1-5-10-28-20-18(22(30)27(4)23(28)31)21(26-19(25-20)14(2)3)33-13-16(29)12-32-11-15-8-6-7-9-17(15)24/h6-9,14,16,29H,5,10-13H2,1-4H3/t16-/m1/s1. The fourth-order valence-corrected chi connectivity index (χ4v) is 4.40. The number of aromatic nitrogens is 4. The molecule has 0 saturated heterocycles. The second-order valence-electron chi connectivity index (χ2n) is 8.11. The Morgan fingerprint density at radius 3 is 2.61 bits per heavy atom. The van der Waals surface area contributed by atoms with Crippen LogP contribution in [0.2, 0.25) is 5.02 Å². The molecule has 2 heterocycles. The van der Waals surface area contributed by atoms with Gasteiger partial charge in [0.25, 0.3) is 5.56 Å². The van der Waals surface area contributed by atoms with E-state index in [1.807, 2.05) is 39.0 Å².